The number of halogens is 2. The molecule has 0 aliphatic carbocycles. The number of pyridine rings is 1. The second kappa shape index (κ2) is 5.58. The summed E-state index contributed by atoms with van der Waals surface area (Å²) < 4.78 is 13.9. The van der Waals surface area contributed by atoms with Gasteiger partial charge in [0, 0.05) is 17.3 Å². The highest BCUT2D eigenvalue weighted by Crippen LogP contribution is 2.25. The molecule has 0 atom stereocenters. The molecule has 5 heteroatoms. The lowest BCUT2D eigenvalue weighted by Crippen LogP contribution is -1.97. The van der Waals surface area contributed by atoms with Crippen molar-refractivity contribution < 1.29 is 4.39 Å². The van der Waals surface area contributed by atoms with Crippen molar-refractivity contribution >= 4 is 11.6 Å². The van der Waals surface area contributed by atoms with E-state index in [0.29, 0.717) is 22.8 Å². The van der Waals surface area contributed by atoms with Gasteiger partial charge in [0.25, 0.3) is 0 Å². The molecule has 21 heavy (non-hydrogen) atoms. The fraction of sp³-hybridized carbons (Fsp3) is 0.0625. The summed E-state index contributed by atoms with van der Waals surface area (Å²) >= 11 is 6.04. The van der Waals surface area contributed by atoms with Gasteiger partial charge in [0.05, 0.1) is 5.69 Å². The molecule has 0 amide bonds. The first kappa shape index (κ1) is 13.6. The van der Waals surface area contributed by atoms with Crippen molar-refractivity contribution in [2.75, 3.05) is 0 Å². The minimum Gasteiger partial charge on any atom is -0.250 e. The van der Waals surface area contributed by atoms with Crippen LogP contribution in [0.4, 0.5) is 4.39 Å². The van der Waals surface area contributed by atoms with Crippen LogP contribution in [0.5, 0.6) is 0 Å². The molecule has 0 bridgehead atoms. The zero-order chi connectivity index (χ0) is 14.8. The van der Waals surface area contributed by atoms with Crippen LogP contribution < -0.4 is 0 Å². The van der Waals surface area contributed by atoms with Crippen LogP contribution in [0.1, 0.15) is 5.69 Å². The molecule has 0 unspecified atom stereocenters. The number of benzene rings is 1. The van der Waals surface area contributed by atoms with Crippen molar-refractivity contribution in [3.8, 4) is 22.8 Å². The predicted octanol–water partition coefficient (Wildman–Crippen LogP) is 4.31. The first-order valence-electron chi connectivity index (χ1n) is 6.37. The third-order valence-electron chi connectivity index (χ3n) is 2.96. The predicted molar refractivity (Wildman–Crippen MR) is 80.4 cm³/mol. The molecule has 0 fully saturated rings. The van der Waals surface area contributed by atoms with E-state index in [4.69, 9.17) is 11.6 Å². The maximum Gasteiger partial charge on any atom is 0.180 e. The summed E-state index contributed by atoms with van der Waals surface area (Å²) in [7, 11) is 0. The van der Waals surface area contributed by atoms with Crippen molar-refractivity contribution in [3.63, 3.8) is 0 Å². The largest absolute Gasteiger partial charge is 0.250 e. The topological polar surface area (TPSA) is 38.7 Å². The maximum atomic E-state index is 13.9. The number of aromatic nitrogens is 3. The Morgan fingerprint density at radius 1 is 0.905 bits per heavy atom. The molecule has 0 spiro atoms. The van der Waals surface area contributed by atoms with E-state index in [2.05, 4.69) is 15.0 Å². The summed E-state index contributed by atoms with van der Waals surface area (Å²) in [6.45, 7) is 1.88. The monoisotopic (exact) mass is 299 g/mol. The van der Waals surface area contributed by atoms with Crippen LogP contribution in [0.2, 0.25) is 5.15 Å². The molecule has 2 heterocycles. The molecule has 1 aromatic carbocycles. The van der Waals surface area contributed by atoms with Gasteiger partial charge in [-0.3, -0.25) is 0 Å². The molecule has 2 aromatic heterocycles. The molecule has 0 aliphatic heterocycles. The van der Waals surface area contributed by atoms with Gasteiger partial charge in [-0.15, -0.1) is 0 Å². The molecule has 104 valence electrons. The zero-order valence-electron chi connectivity index (χ0n) is 11.2. The van der Waals surface area contributed by atoms with E-state index in [0.717, 1.165) is 5.69 Å². The van der Waals surface area contributed by atoms with E-state index in [1.165, 1.54) is 6.07 Å². The van der Waals surface area contributed by atoms with Crippen molar-refractivity contribution in [3.05, 3.63) is 65.2 Å². The zero-order valence-corrected chi connectivity index (χ0v) is 12.0. The molecule has 3 nitrogen and oxygen atoms in total. The summed E-state index contributed by atoms with van der Waals surface area (Å²) in [6.07, 6.45) is 0. The summed E-state index contributed by atoms with van der Waals surface area (Å²) in [4.78, 5) is 12.9. The molecule has 0 radical (unpaired) electrons. The standard InChI is InChI=1S/C16H11ClFN3/c1-10-5-4-8-13(19-10)16-20-14(9-15(17)21-16)11-6-2-3-7-12(11)18/h2-9H,1H3. The van der Waals surface area contributed by atoms with Crippen LogP contribution in [0.15, 0.2) is 48.5 Å². The first-order valence-corrected chi connectivity index (χ1v) is 6.75. The highest BCUT2D eigenvalue weighted by Gasteiger charge is 2.11. The maximum absolute atomic E-state index is 13.9. The highest BCUT2D eigenvalue weighted by molar-refractivity contribution is 6.29. The average molecular weight is 300 g/mol. The second-order valence-corrected chi connectivity index (χ2v) is 4.93. The van der Waals surface area contributed by atoms with Gasteiger partial charge in [0.2, 0.25) is 0 Å². The summed E-state index contributed by atoms with van der Waals surface area (Å²) in [6, 6.07) is 13.5. The fourth-order valence-electron chi connectivity index (χ4n) is 2.01. The van der Waals surface area contributed by atoms with Crippen molar-refractivity contribution in [2.24, 2.45) is 0 Å². The Balaban J connectivity index is 2.15. The van der Waals surface area contributed by atoms with E-state index >= 15 is 0 Å². The number of hydrogen-bond acceptors (Lipinski definition) is 3. The first-order chi connectivity index (χ1) is 10.1. The van der Waals surface area contributed by atoms with Crippen molar-refractivity contribution in [1.29, 1.82) is 0 Å². The summed E-state index contributed by atoms with van der Waals surface area (Å²) in [5, 5.41) is 0.251. The van der Waals surface area contributed by atoms with Crippen molar-refractivity contribution in [2.45, 2.75) is 6.92 Å². The summed E-state index contributed by atoms with van der Waals surface area (Å²) in [5.41, 5.74) is 2.28. The van der Waals surface area contributed by atoms with Crippen LogP contribution in [0.3, 0.4) is 0 Å². The summed E-state index contributed by atoms with van der Waals surface area (Å²) in [5.74, 6) is 0.0277. The average Bonchev–Trinajstić information content (AvgIpc) is 2.47. The molecule has 0 aliphatic rings. The normalized spacial score (nSPS) is 10.6. The Hall–Kier alpha value is -2.33. The van der Waals surface area contributed by atoms with E-state index in [-0.39, 0.29) is 11.0 Å². The van der Waals surface area contributed by atoms with Crippen molar-refractivity contribution in [1.82, 2.24) is 15.0 Å². The van der Waals surface area contributed by atoms with E-state index in [1.807, 2.05) is 19.1 Å². The van der Waals surface area contributed by atoms with Crippen LogP contribution in [0, 0.1) is 12.7 Å². The Morgan fingerprint density at radius 2 is 1.71 bits per heavy atom. The van der Waals surface area contributed by atoms with Crippen LogP contribution >= 0.6 is 11.6 Å². The van der Waals surface area contributed by atoms with Crippen LogP contribution in [-0.4, -0.2) is 15.0 Å². The Bertz CT molecular complexity index is 805. The van der Waals surface area contributed by atoms with Crippen LogP contribution in [-0.2, 0) is 0 Å². The van der Waals surface area contributed by atoms with Gasteiger partial charge >= 0.3 is 0 Å². The van der Waals surface area contributed by atoms with Crippen LogP contribution in [0.25, 0.3) is 22.8 Å². The minimum atomic E-state index is -0.351. The van der Waals surface area contributed by atoms with E-state index < -0.39 is 0 Å². The molecular weight excluding hydrogens is 289 g/mol. The van der Waals surface area contributed by atoms with Gasteiger partial charge in [-0.05, 0) is 31.2 Å². The van der Waals surface area contributed by atoms with E-state index in [1.54, 1.807) is 30.3 Å². The number of hydrogen-bond donors (Lipinski definition) is 0. The molecule has 3 rings (SSSR count). The lowest BCUT2D eigenvalue weighted by molar-refractivity contribution is 0.630. The SMILES string of the molecule is Cc1cccc(-c2nc(Cl)cc(-c3ccccc3F)n2)n1. The van der Waals surface area contributed by atoms with Gasteiger partial charge < -0.3 is 0 Å². The third-order valence-corrected chi connectivity index (χ3v) is 3.16. The lowest BCUT2D eigenvalue weighted by atomic mass is 10.1. The smallest absolute Gasteiger partial charge is 0.180 e. The molecule has 0 N–H and O–H groups in total. The number of rotatable bonds is 2. The highest BCUT2D eigenvalue weighted by atomic mass is 35.5. The third kappa shape index (κ3) is 2.90. The number of nitrogens with zero attached hydrogens (tertiary/aromatic N) is 3. The van der Waals surface area contributed by atoms with Gasteiger partial charge in [0.1, 0.15) is 16.7 Å². The van der Waals surface area contributed by atoms with Gasteiger partial charge in [0.15, 0.2) is 5.82 Å². The fourth-order valence-corrected chi connectivity index (χ4v) is 2.19. The van der Waals surface area contributed by atoms with Gasteiger partial charge in [-0.25, -0.2) is 19.3 Å². The molecule has 0 saturated carbocycles. The van der Waals surface area contributed by atoms with Gasteiger partial charge in [-0.2, -0.15) is 0 Å². The minimum absolute atomic E-state index is 0.251. The molecule has 3 aromatic rings. The lowest BCUT2D eigenvalue weighted by Gasteiger charge is -2.06. The molecule has 0 saturated heterocycles. The van der Waals surface area contributed by atoms with E-state index in [9.17, 15) is 4.39 Å². The number of aryl methyl sites for hydroxylation is 1. The second-order valence-electron chi connectivity index (χ2n) is 4.54. The Morgan fingerprint density at radius 3 is 2.48 bits per heavy atom. The molecular formula is C16H11ClFN3. The quantitative estimate of drug-likeness (QED) is 0.662. The van der Waals surface area contributed by atoms with Gasteiger partial charge in [-0.1, -0.05) is 29.8 Å². The Kier molecular flexibility index (Phi) is 3.62. The Labute approximate surface area is 126 Å².